The fourth-order valence-electron chi connectivity index (χ4n) is 4.05. The molecule has 1 fully saturated rings. The van der Waals surface area contributed by atoms with E-state index >= 15 is 0 Å². The summed E-state index contributed by atoms with van der Waals surface area (Å²) in [5.74, 6) is 0.738. The molecule has 0 unspecified atom stereocenters. The van der Waals surface area contributed by atoms with Crippen molar-refractivity contribution < 1.29 is 12.9 Å². The van der Waals surface area contributed by atoms with Gasteiger partial charge in [0.15, 0.2) is 0 Å². The number of nitrogens with zero attached hydrogens (tertiary/aromatic N) is 3. The van der Waals surface area contributed by atoms with Crippen LogP contribution in [-0.4, -0.2) is 29.4 Å². The third-order valence-electron chi connectivity index (χ3n) is 5.20. The van der Waals surface area contributed by atoms with Gasteiger partial charge in [-0.25, -0.2) is 8.42 Å². The number of rotatable bonds is 4. The van der Waals surface area contributed by atoms with Crippen molar-refractivity contribution in [3.63, 3.8) is 0 Å². The maximum absolute atomic E-state index is 13.5. The second-order valence-corrected chi connectivity index (χ2v) is 9.73. The molecule has 4 rings (SSSR count). The zero-order chi connectivity index (χ0) is 20.8. The van der Waals surface area contributed by atoms with E-state index in [9.17, 15) is 8.42 Å². The number of benzene rings is 2. The highest BCUT2D eigenvalue weighted by Gasteiger charge is 2.40. The lowest BCUT2D eigenvalue weighted by atomic mass is 10.1. The van der Waals surface area contributed by atoms with Crippen molar-refractivity contribution in [2.75, 3.05) is 6.54 Å². The lowest BCUT2D eigenvalue weighted by Gasteiger charge is -2.23. The Morgan fingerprint density at radius 3 is 2.41 bits per heavy atom. The van der Waals surface area contributed by atoms with Crippen LogP contribution >= 0.6 is 11.6 Å². The maximum Gasteiger partial charge on any atom is 0.245 e. The Labute approximate surface area is 175 Å². The molecule has 6 nitrogen and oxygen atoms in total. The van der Waals surface area contributed by atoms with Gasteiger partial charge in [0, 0.05) is 17.1 Å². The van der Waals surface area contributed by atoms with Crippen LogP contribution in [0.4, 0.5) is 0 Å². The van der Waals surface area contributed by atoms with E-state index in [4.69, 9.17) is 16.1 Å². The highest BCUT2D eigenvalue weighted by Crippen LogP contribution is 2.38. The zero-order valence-corrected chi connectivity index (χ0v) is 18.1. The predicted molar refractivity (Wildman–Crippen MR) is 111 cm³/mol. The molecule has 1 aromatic heterocycles. The van der Waals surface area contributed by atoms with Crippen molar-refractivity contribution in [2.45, 2.75) is 44.6 Å². The van der Waals surface area contributed by atoms with Crippen molar-refractivity contribution >= 4 is 21.6 Å². The van der Waals surface area contributed by atoms with Crippen LogP contribution in [-0.2, 0) is 10.0 Å². The Balaban J connectivity index is 1.69. The molecule has 0 amide bonds. The minimum Gasteiger partial charge on any atom is -0.337 e. The Hall–Kier alpha value is -2.22. The summed E-state index contributed by atoms with van der Waals surface area (Å²) in [7, 11) is -3.69. The first-order chi connectivity index (χ1) is 13.8. The van der Waals surface area contributed by atoms with Crippen LogP contribution in [0.3, 0.4) is 0 Å². The van der Waals surface area contributed by atoms with E-state index in [0.717, 1.165) is 28.7 Å². The van der Waals surface area contributed by atoms with Crippen molar-refractivity contribution in [3.05, 3.63) is 64.0 Å². The number of halogens is 1. The average molecular weight is 432 g/mol. The SMILES string of the molecule is Cc1cc(C)c(S(=O)(=O)N2CCC[C@@H]2c2nc(-c3ccc(Cl)cc3)no2)c(C)c1. The molecule has 2 heterocycles. The normalized spacial score (nSPS) is 17.7. The van der Waals surface area contributed by atoms with E-state index < -0.39 is 16.1 Å². The molecule has 0 bridgehead atoms. The summed E-state index contributed by atoms with van der Waals surface area (Å²) in [6.07, 6.45) is 1.39. The molecular formula is C21H22ClN3O3S. The largest absolute Gasteiger partial charge is 0.337 e. The Morgan fingerprint density at radius 1 is 1.10 bits per heavy atom. The number of aryl methyl sites for hydroxylation is 3. The van der Waals surface area contributed by atoms with E-state index in [-0.39, 0.29) is 0 Å². The summed E-state index contributed by atoms with van der Waals surface area (Å²) in [5.41, 5.74) is 3.31. The van der Waals surface area contributed by atoms with Gasteiger partial charge in [-0.05, 0) is 69.0 Å². The molecule has 152 valence electrons. The summed E-state index contributed by atoms with van der Waals surface area (Å²) < 4.78 is 34.0. The summed E-state index contributed by atoms with van der Waals surface area (Å²) in [5, 5.41) is 4.67. The summed E-state index contributed by atoms with van der Waals surface area (Å²) in [4.78, 5) is 4.85. The van der Waals surface area contributed by atoms with Gasteiger partial charge in [-0.1, -0.05) is 34.5 Å². The van der Waals surface area contributed by atoms with Gasteiger partial charge in [0.1, 0.15) is 6.04 Å². The van der Waals surface area contributed by atoms with Crippen LogP contribution in [0.1, 0.15) is 41.5 Å². The molecule has 29 heavy (non-hydrogen) atoms. The van der Waals surface area contributed by atoms with Crippen molar-refractivity contribution in [3.8, 4) is 11.4 Å². The van der Waals surface area contributed by atoms with Crippen LogP contribution < -0.4 is 0 Å². The van der Waals surface area contributed by atoms with Gasteiger partial charge >= 0.3 is 0 Å². The van der Waals surface area contributed by atoms with Crippen LogP contribution in [0, 0.1) is 20.8 Å². The van der Waals surface area contributed by atoms with Gasteiger partial charge in [0.25, 0.3) is 0 Å². The molecule has 0 N–H and O–H groups in total. The summed E-state index contributed by atoms with van der Waals surface area (Å²) in [6, 6.07) is 10.4. The number of sulfonamides is 1. The molecule has 0 radical (unpaired) electrons. The Bertz CT molecular complexity index is 1130. The third kappa shape index (κ3) is 3.70. The lowest BCUT2D eigenvalue weighted by molar-refractivity contribution is 0.290. The van der Waals surface area contributed by atoms with Crippen LogP contribution in [0.5, 0.6) is 0 Å². The molecule has 0 saturated carbocycles. The van der Waals surface area contributed by atoms with Gasteiger partial charge < -0.3 is 4.52 Å². The second kappa shape index (κ2) is 7.55. The maximum atomic E-state index is 13.5. The van der Waals surface area contributed by atoms with Crippen molar-refractivity contribution in [2.24, 2.45) is 0 Å². The number of aromatic nitrogens is 2. The molecule has 8 heteroatoms. The molecule has 0 aliphatic carbocycles. The monoisotopic (exact) mass is 431 g/mol. The van der Waals surface area contributed by atoms with Crippen LogP contribution in [0.25, 0.3) is 11.4 Å². The molecule has 1 atom stereocenters. The molecule has 1 aliphatic heterocycles. The van der Waals surface area contributed by atoms with E-state index in [0.29, 0.717) is 34.6 Å². The van der Waals surface area contributed by atoms with Gasteiger partial charge in [-0.3, -0.25) is 0 Å². The first-order valence-electron chi connectivity index (χ1n) is 9.46. The van der Waals surface area contributed by atoms with Gasteiger partial charge in [0.05, 0.1) is 4.90 Å². The molecule has 3 aromatic rings. The third-order valence-corrected chi connectivity index (χ3v) is 7.67. The predicted octanol–water partition coefficient (Wildman–Crippen LogP) is 4.84. The molecule has 1 saturated heterocycles. The molecular weight excluding hydrogens is 410 g/mol. The minimum absolute atomic E-state index is 0.318. The van der Waals surface area contributed by atoms with Gasteiger partial charge in [-0.2, -0.15) is 9.29 Å². The smallest absolute Gasteiger partial charge is 0.245 e. The lowest BCUT2D eigenvalue weighted by Crippen LogP contribution is -2.32. The fourth-order valence-corrected chi connectivity index (χ4v) is 6.24. The first kappa shape index (κ1) is 20.1. The quantitative estimate of drug-likeness (QED) is 0.590. The fraction of sp³-hybridized carbons (Fsp3) is 0.333. The Morgan fingerprint density at radius 2 is 1.76 bits per heavy atom. The van der Waals surface area contributed by atoms with E-state index in [1.165, 1.54) is 4.31 Å². The molecule has 0 spiro atoms. The summed E-state index contributed by atoms with van der Waals surface area (Å²) >= 11 is 5.93. The van der Waals surface area contributed by atoms with Crippen LogP contribution in [0.15, 0.2) is 45.8 Å². The van der Waals surface area contributed by atoms with E-state index in [1.807, 2.05) is 32.9 Å². The topological polar surface area (TPSA) is 76.3 Å². The average Bonchev–Trinajstić information content (AvgIpc) is 3.31. The highest BCUT2D eigenvalue weighted by molar-refractivity contribution is 7.89. The van der Waals surface area contributed by atoms with E-state index in [2.05, 4.69) is 10.1 Å². The number of hydrogen-bond acceptors (Lipinski definition) is 5. The standard InChI is InChI=1S/C21H22ClN3O3S/c1-13-11-14(2)19(15(3)12-13)29(26,27)25-10-4-5-18(25)21-23-20(24-28-21)16-6-8-17(22)9-7-16/h6-9,11-12,18H,4-5,10H2,1-3H3/t18-/m1/s1. The van der Waals surface area contributed by atoms with Gasteiger partial charge in [0.2, 0.25) is 21.7 Å². The van der Waals surface area contributed by atoms with Gasteiger partial charge in [-0.15, -0.1) is 0 Å². The minimum atomic E-state index is -3.69. The second-order valence-electron chi connectivity index (χ2n) is 7.46. The van der Waals surface area contributed by atoms with Crippen molar-refractivity contribution in [1.82, 2.24) is 14.4 Å². The summed E-state index contributed by atoms with van der Waals surface area (Å²) in [6.45, 7) is 6.07. The molecule has 1 aliphatic rings. The van der Waals surface area contributed by atoms with Crippen LogP contribution in [0.2, 0.25) is 5.02 Å². The first-order valence-corrected chi connectivity index (χ1v) is 11.3. The highest BCUT2D eigenvalue weighted by atomic mass is 35.5. The Kier molecular flexibility index (Phi) is 5.23. The zero-order valence-electron chi connectivity index (χ0n) is 16.5. The number of hydrogen-bond donors (Lipinski definition) is 0. The van der Waals surface area contributed by atoms with E-state index in [1.54, 1.807) is 24.3 Å². The molecule has 2 aromatic carbocycles. The van der Waals surface area contributed by atoms with Crippen molar-refractivity contribution in [1.29, 1.82) is 0 Å².